The van der Waals surface area contributed by atoms with Gasteiger partial charge < -0.3 is 0 Å². The molecule has 0 amide bonds. The predicted molar refractivity (Wildman–Crippen MR) is 48.4 cm³/mol. The number of hydrogen-bond donors (Lipinski definition) is 0. The summed E-state index contributed by atoms with van der Waals surface area (Å²) in [5, 5.41) is 0. The third-order valence-corrected chi connectivity index (χ3v) is 3.18. The van der Waals surface area contributed by atoms with Crippen LogP contribution in [0.3, 0.4) is 0 Å². The first-order valence-electron chi connectivity index (χ1n) is 2.92. The SMILES string of the molecule is Brc1nc2cnccn2c1Br. The molecule has 0 N–H and O–H groups in total. The van der Waals surface area contributed by atoms with Crippen LogP contribution in [-0.4, -0.2) is 14.4 Å². The van der Waals surface area contributed by atoms with E-state index in [9.17, 15) is 0 Å². The third-order valence-electron chi connectivity index (χ3n) is 1.33. The molecule has 2 heterocycles. The summed E-state index contributed by atoms with van der Waals surface area (Å²) in [5.41, 5.74) is 0.825. The fourth-order valence-electron chi connectivity index (χ4n) is 0.848. The van der Waals surface area contributed by atoms with Crippen LogP contribution < -0.4 is 0 Å². The van der Waals surface area contributed by atoms with Gasteiger partial charge in [-0.15, -0.1) is 0 Å². The molecular weight excluding hydrogens is 274 g/mol. The van der Waals surface area contributed by atoms with Crippen LogP contribution in [0, 0.1) is 0 Å². The second-order valence-electron chi connectivity index (χ2n) is 2.00. The van der Waals surface area contributed by atoms with Crippen molar-refractivity contribution in [3.05, 3.63) is 27.8 Å². The summed E-state index contributed by atoms with van der Waals surface area (Å²) in [6.07, 6.45) is 5.26. The molecule has 0 saturated carbocycles. The van der Waals surface area contributed by atoms with Gasteiger partial charge in [-0.2, -0.15) is 0 Å². The number of halogens is 2. The van der Waals surface area contributed by atoms with Crippen molar-refractivity contribution in [2.24, 2.45) is 0 Å². The van der Waals surface area contributed by atoms with Gasteiger partial charge in [-0.05, 0) is 31.9 Å². The van der Waals surface area contributed by atoms with E-state index in [-0.39, 0.29) is 0 Å². The minimum Gasteiger partial charge on any atom is -0.290 e. The molecule has 56 valence electrons. The van der Waals surface area contributed by atoms with Gasteiger partial charge in [-0.1, -0.05) is 0 Å². The monoisotopic (exact) mass is 275 g/mol. The average Bonchev–Trinajstić information content (AvgIpc) is 2.30. The number of hydrogen-bond acceptors (Lipinski definition) is 2. The molecule has 2 rings (SSSR count). The molecule has 2 aromatic heterocycles. The second kappa shape index (κ2) is 2.57. The Bertz CT molecular complexity index is 396. The molecule has 11 heavy (non-hydrogen) atoms. The van der Waals surface area contributed by atoms with Crippen LogP contribution in [0.25, 0.3) is 5.65 Å². The predicted octanol–water partition coefficient (Wildman–Crippen LogP) is 2.25. The van der Waals surface area contributed by atoms with Crippen molar-refractivity contribution in [1.82, 2.24) is 14.4 Å². The summed E-state index contributed by atoms with van der Waals surface area (Å²) >= 11 is 6.68. The van der Waals surface area contributed by atoms with E-state index in [1.807, 2.05) is 10.6 Å². The zero-order valence-electron chi connectivity index (χ0n) is 5.33. The van der Waals surface area contributed by atoms with E-state index in [1.165, 1.54) is 0 Å². The molecule has 0 aliphatic rings. The number of rotatable bonds is 0. The van der Waals surface area contributed by atoms with Crippen LogP contribution in [0.2, 0.25) is 0 Å². The lowest BCUT2D eigenvalue weighted by molar-refractivity contribution is 1.10. The van der Waals surface area contributed by atoms with Gasteiger partial charge >= 0.3 is 0 Å². The molecule has 0 aliphatic carbocycles. The van der Waals surface area contributed by atoms with Gasteiger partial charge in [0.2, 0.25) is 0 Å². The van der Waals surface area contributed by atoms with E-state index in [0.29, 0.717) is 0 Å². The maximum Gasteiger partial charge on any atom is 0.157 e. The van der Waals surface area contributed by atoms with Crippen molar-refractivity contribution >= 4 is 37.5 Å². The lowest BCUT2D eigenvalue weighted by Gasteiger charge is -1.90. The first kappa shape index (κ1) is 7.24. The average molecular weight is 277 g/mol. The van der Waals surface area contributed by atoms with E-state index in [2.05, 4.69) is 41.8 Å². The first-order chi connectivity index (χ1) is 5.29. The summed E-state index contributed by atoms with van der Waals surface area (Å²) in [7, 11) is 0. The third kappa shape index (κ3) is 1.08. The lowest BCUT2D eigenvalue weighted by atomic mass is 10.7. The molecule has 0 bridgehead atoms. The number of aromatic nitrogens is 3. The fraction of sp³-hybridized carbons (Fsp3) is 0. The van der Waals surface area contributed by atoms with Crippen molar-refractivity contribution in [2.45, 2.75) is 0 Å². The quantitative estimate of drug-likeness (QED) is 0.739. The molecule has 0 fully saturated rings. The molecular formula is C6H3Br2N3. The smallest absolute Gasteiger partial charge is 0.157 e. The zero-order valence-corrected chi connectivity index (χ0v) is 8.50. The summed E-state index contributed by atoms with van der Waals surface area (Å²) < 4.78 is 3.61. The lowest BCUT2D eigenvalue weighted by Crippen LogP contribution is -1.83. The summed E-state index contributed by atoms with van der Waals surface area (Å²) in [4.78, 5) is 8.13. The van der Waals surface area contributed by atoms with Crippen LogP contribution in [-0.2, 0) is 0 Å². The molecule has 0 aromatic carbocycles. The molecule has 0 radical (unpaired) electrons. The van der Waals surface area contributed by atoms with Crippen LogP contribution in [0.1, 0.15) is 0 Å². The minimum absolute atomic E-state index is 0.797. The largest absolute Gasteiger partial charge is 0.290 e. The molecule has 0 spiro atoms. The van der Waals surface area contributed by atoms with Crippen LogP contribution in [0.4, 0.5) is 0 Å². The van der Waals surface area contributed by atoms with Crippen LogP contribution >= 0.6 is 31.9 Å². The zero-order chi connectivity index (χ0) is 7.84. The van der Waals surface area contributed by atoms with Gasteiger partial charge in [0.1, 0.15) is 9.21 Å². The van der Waals surface area contributed by atoms with Gasteiger partial charge in [-0.25, -0.2) is 4.98 Å². The summed E-state index contributed by atoms with van der Waals surface area (Å²) in [6, 6.07) is 0. The highest BCUT2D eigenvalue weighted by molar-refractivity contribution is 9.13. The Hall–Kier alpha value is -0.420. The molecule has 0 aliphatic heterocycles. The molecule has 5 heteroatoms. The summed E-state index contributed by atoms with van der Waals surface area (Å²) in [6.45, 7) is 0. The number of fused-ring (bicyclic) bond motifs is 1. The second-order valence-corrected chi connectivity index (χ2v) is 3.50. The molecule has 0 saturated heterocycles. The van der Waals surface area contributed by atoms with Crippen LogP contribution in [0.15, 0.2) is 27.8 Å². The maximum absolute atomic E-state index is 4.18. The molecule has 0 unspecified atom stereocenters. The van der Waals surface area contributed by atoms with E-state index >= 15 is 0 Å². The highest BCUT2D eigenvalue weighted by Gasteiger charge is 2.04. The Balaban J connectivity index is 2.92. The highest BCUT2D eigenvalue weighted by Crippen LogP contribution is 2.22. The molecule has 2 aromatic rings. The maximum atomic E-state index is 4.18. The van der Waals surface area contributed by atoms with Crippen molar-refractivity contribution in [3.8, 4) is 0 Å². The Morgan fingerprint density at radius 3 is 2.91 bits per heavy atom. The van der Waals surface area contributed by atoms with Gasteiger partial charge in [0, 0.05) is 12.4 Å². The van der Waals surface area contributed by atoms with Gasteiger partial charge in [0.05, 0.1) is 6.20 Å². The standard InChI is InChI=1S/C6H3Br2N3/c7-5-6(8)11-2-1-9-3-4(11)10-5/h1-3H. The van der Waals surface area contributed by atoms with Crippen molar-refractivity contribution in [2.75, 3.05) is 0 Å². The van der Waals surface area contributed by atoms with Crippen LogP contribution in [0.5, 0.6) is 0 Å². The first-order valence-corrected chi connectivity index (χ1v) is 4.50. The minimum atomic E-state index is 0.797. The number of imidazole rings is 1. The molecule has 0 atom stereocenters. The van der Waals surface area contributed by atoms with E-state index < -0.39 is 0 Å². The topological polar surface area (TPSA) is 30.2 Å². The van der Waals surface area contributed by atoms with Crippen molar-refractivity contribution in [3.63, 3.8) is 0 Å². The Morgan fingerprint density at radius 2 is 2.18 bits per heavy atom. The van der Waals surface area contributed by atoms with E-state index in [1.54, 1.807) is 12.4 Å². The Labute approximate surface area is 79.7 Å². The Morgan fingerprint density at radius 1 is 1.36 bits per heavy atom. The van der Waals surface area contributed by atoms with E-state index in [0.717, 1.165) is 14.9 Å². The van der Waals surface area contributed by atoms with Gasteiger partial charge in [0.15, 0.2) is 5.65 Å². The van der Waals surface area contributed by atoms with Gasteiger partial charge in [-0.3, -0.25) is 9.38 Å². The highest BCUT2D eigenvalue weighted by atomic mass is 79.9. The van der Waals surface area contributed by atoms with E-state index in [4.69, 9.17) is 0 Å². The number of nitrogens with zero attached hydrogens (tertiary/aromatic N) is 3. The fourth-order valence-corrected chi connectivity index (χ4v) is 1.61. The molecule has 3 nitrogen and oxygen atoms in total. The van der Waals surface area contributed by atoms with Crippen molar-refractivity contribution < 1.29 is 0 Å². The van der Waals surface area contributed by atoms with Crippen molar-refractivity contribution in [1.29, 1.82) is 0 Å². The van der Waals surface area contributed by atoms with Gasteiger partial charge in [0.25, 0.3) is 0 Å². The Kier molecular flexibility index (Phi) is 1.69. The summed E-state index contributed by atoms with van der Waals surface area (Å²) in [5.74, 6) is 0. The normalized spacial score (nSPS) is 10.7.